The number of ether oxygens (including phenoxy) is 1. The van der Waals surface area contributed by atoms with E-state index in [-0.39, 0.29) is 27.6 Å². The Morgan fingerprint density at radius 1 is 0.909 bits per heavy atom. The lowest BCUT2D eigenvalue weighted by Gasteiger charge is -2.24. The second-order valence-electron chi connectivity index (χ2n) is 7.38. The van der Waals surface area contributed by atoms with Crippen LogP contribution < -0.4 is 10.1 Å². The molecule has 0 amide bonds. The normalized spacial score (nSPS) is 12.2. The number of halogens is 4. The molecule has 4 rings (SSSR count). The van der Waals surface area contributed by atoms with Crippen LogP contribution >= 0.6 is 11.6 Å². The van der Waals surface area contributed by atoms with Crippen molar-refractivity contribution in [2.24, 2.45) is 0 Å². The van der Waals surface area contributed by atoms with Gasteiger partial charge in [-0.3, -0.25) is 0 Å². The van der Waals surface area contributed by atoms with Crippen LogP contribution in [0.4, 0.5) is 24.5 Å². The molecule has 3 N–H and O–H groups in total. The molecule has 0 radical (unpaired) electrons. The van der Waals surface area contributed by atoms with Crippen LogP contribution in [0.5, 0.6) is 11.5 Å². The number of hydrogen-bond donors (Lipinski definition) is 3. The fourth-order valence-corrected chi connectivity index (χ4v) is 3.82. The standard InChI is InChI=1S/C23H15ClF3NO5/c24-16-7-11(3-5-15(16)23(25,26)27)1-2-12-4-6-17-18(8-12)33-19-10-13(21(29)30)9-14(22(31)32)20(19)28-17/h3-10,28H,1-2H2,(H,29,30)(H,31,32). The molecule has 0 saturated carbocycles. The molecule has 0 aliphatic carbocycles. The summed E-state index contributed by atoms with van der Waals surface area (Å²) in [5.41, 5.74) is 0.726. The molecule has 10 heteroatoms. The summed E-state index contributed by atoms with van der Waals surface area (Å²) in [5, 5.41) is 21.3. The van der Waals surface area contributed by atoms with E-state index in [1.54, 1.807) is 18.2 Å². The third-order valence-electron chi connectivity index (χ3n) is 5.15. The number of rotatable bonds is 5. The van der Waals surface area contributed by atoms with Gasteiger partial charge in [-0.2, -0.15) is 13.2 Å². The summed E-state index contributed by atoms with van der Waals surface area (Å²) in [6.07, 6.45) is -3.62. The quantitative estimate of drug-likeness (QED) is 0.308. The van der Waals surface area contributed by atoms with Gasteiger partial charge in [0.25, 0.3) is 0 Å². The van der Waals surface area contributed by atoms with Crippen LogP contribution in [0.2, 0.25) is 5.02 Å². The zero-order chi connectivity index (χ0) is 23.9. The molecule has 0 atom stereocenters. The van der Waals surface area contributed by atoms with Gasteiger partial charge in [0, 0.05) is 0 Å². The number of aryl methyl sites for hydroxylation is 2. The fourth-order valence-electron chi connectivity index (χ4n) is 3.51. The number of carboxylic acids is 2. The van der Waals surface area contributed by atoms with Crippen molar-refractivity contribution in [3.05, 3.63) is 81.4 Å². The van der Waals surface area contributed by atoms with Crippen molar-refractivity contribution in [1.29, 1.82) is 0 Å². The van der Waals surface area contributed by atoms with Crippen molar-refractivity contribution >= 4 is 34.9 Å². The molecule has 3 aromatic rings. The molecule has 0 saturated heterocycles. The first-order valence-corrected chi connectivity index (χ1v) is 9.99. The largest absolute Gasteiger partial charge is 0.478 e. The Balaban J connectivity index is 1.56. The third-order valence-corrected chi connectivity index (χ3v) is 5.46. The molecule has 1 aliphatic heterocycles. The number of fused-ring (bicyclic) bond motifs is 2. The van der Waals surface area contributed by atoms with Crippen molar-refractivity contribution in [1.82, 2.24) is 0 Å². The number of benzene rings is 3. The van der Waals surface area contributed by atoms with Crippen LogP contribution in [0.3, 0.4) is 0 Å². The average Bonchev–Trinajstić information content (AvgIpc) is 2.74. The van der Waals surface area contributed by atoms with Crippen molar-refractivity contribution in [3.8, 4) is 11.5 Å². The number of carbonyl (C=O) groups is 2. The molecule has 0 fully saturated rings. The third kappa shape index (κ3) is 4.58. The smallest absolute Gasteiger partial charge is 0.417 e. The van der Waals surface area contributed by atoms with Gasteiger partial charge in [0.05, 0.1) is 33.1 Å². The van der Waals surface area contributed by atoms with Crippen molar-refractivity contribution < 1.29 is 37.7 Å². The molecule has 0 spiro atoms. The lowest BCUT2D eigenvalue weighted by atomic mass is 10.0. The van der Waals surface area contributed by atoms with Crippen LogP contribution in [0.25, 0.3) is 0 Å². The number of hydrogen-bond acceptors (Lipinski definition) is 4. The van der Waals surface area contributed by atoms with E-state index in [2.05, 4.69) is 5.32 Å². The van der Waals surface area contributed by atoms with Crippen LogP contribution in [-0.2, 0) is 19.0 Å². The van der Waals surface area contributed by atoms with E-state index in [0.717, 1.165) is 17.7 Å². The second-order valence-corrected chi connectivity index (χ2v) is 7.78. The van der Waals surface area contributed by atoms with E-state index in [1.165, 1.54) is 18.2 Å². The molecular weight excluding hydrogens is 463 g/mol. The minimum atomic E-state index is -4.52. The number of nitrogens with one attached hydrogen (secondary N) is 1. The molecule has 170 valence electrons. The maximum absolute atomic E-state index is 12.9. The zero-order valence-corrected chi connectivity index (χ0v) is 17.4. The van der Waals surface area contributed by atoms with E-state index in [1.807, 2.05) is 0 Å². The Labute approximate surface area is 190 Å². The number of alkyl halides is 3. The van der Waals surface area contributed by atoms with Crippen LogP contribution in [0, 0.1) is 0 Å². The monoisotopic (exact) mass is 477 g/mol. The predicted molar refractivity (Wildman–Crippen MR) is 114 cm³/mol. The van der Waals surface area contributed by atoms with Gasteiger partial charge in [-0.05, 0) is 60.4 Å². The minimum Gasteiger partial charge on any atom is -0.478 e. The number of anilines is 2. The first-order valence-electron chi connectivity index (χ1n) is 9.61. The molecule has 1 aliphatic rings. The minimum absolute atomic E-state index is 0.0615. The Kier molecular flexibility index (Phi) is 5.67. The van der Waals surface area contributed by atoms with Gasteiger partial charge in [-0.25, -0.2) is 9.59 Å². The summed E-state index contributed by atoms with van der Waals surface area (Å²) in [4.78, 5) is 22.9. The highest BCUT2D eigenvalue weighted by Gasteiger charge is 2.33. The van der Waals surface area contributed by atoms with Gasteiger partial charge in [0.2, 0.25) is 0 Å². The average molecular weight is 478 g/mol. The Hall–Kier alpha value is -3.72. The highest BCUT2D eigenvalue weighted by Crippen LogP contribution is 2.45. The van der Waals surface area contributed by atoms with E-state index >= 15 is 0 Å². The van der Waals surface area contributed by atoms with Crippen molar-refractivity contribution in [2.45, 2.75) is 19.0 Å². The second kappa shape index (κ2) is 8.32. The molecular formula is C23H15ClF3NO5. The number of aromatic carboxylic acids is 2. The summed E-state index contributed by atoms with van der Waals surface area (Å²) in [6, 6.07) is 11.1. The highest BCUT2D eigenvalue weighted by atomic mass is 35.5. The highest BCUT2D eigenvalue weighted by molar-refractivity contribution is 6.31. The van der Waals surface area contributed by atoms with Crippen LogP contribution in [0.1, 0.15) is 37.4 Å². The van der Waals surface area contributed by atoms with Crippen LogP contribution in [0.15, 0.2) is 48.5 Å². The summed E-state index contributed by atoms with van der Waals surface area (Å²) in [6.45, 7) is 0. The zero-order valence-electron chi connectivity index (χ0n) is 16.7. The molecule has 0 bridgehead atoms. The summed E-state index contributed by atoms with van der Waals surface area (Å²) in [7, 11) is 0. The fraction of sp³-hybridized carbons (Fsp3) is 0.130. The Morgan fingerprint density at radius 2 is 1.58 bits per heavy atom. The van der Waals surface area contributed by atoms with Gasteiger partial charge >= 0.3 is 18.1 Å². The van der Waals surface area contributed by atoms with Crippen molar-refractivity contribution in [2.75, 3.05) is 5.32 Å². The van der Waals surface area contributed by atoms with Gasteiger partial charge in [0.1, 0.15) is 0 Å². The molecule has 0 aromatic heterocycles. The maximum atomic E-state index is 12.9. The summed E-state index contributed by atoms with van der Waals surface area (Å²) in [5.74, 6) is -2.17. The first kappa shape index (κ1) is 22.5. The molecule has 6 nitrogen and oxygen atoms in total. The van der Waals surface area contributed by atoms with Crippen LogP contribution in [-0.4, -0.2) is 22.2 Å². The predicted octanol–water partition coefficient (Wildman–Crippen LogP) is 6.39. The van der Waals surface area contributed by atoms with E-state index in [4.69, 9.17) is 16.3 Å². The van der Waals surface area contributed by atoms with Gasteiger partial charge in [-0.15, -0.1) is 0 Å². The van der Waals surface area contributed by atoms with Gasteiger partial charge in [0.15, 0.2) is 11.5 Å². The lowest BCUT2D eigenvalue weighted by molar-refractivity contribution is -0.137. The Bertz CT molecular complexity index is 1290. The molecule has 0 unspecified atom stereocenters. The topological polar surface area (TPSA) is 95.9 Å². The van der Waals surface area contributed by atoms with Gasteiger partial charge in [-0.1, -0.05) is 23.7 Å². The van der Waals surface area contributed by atoms with E-state index in [0.29, 0.717) is 29.8 Å². The van der Waals surface area contributed by atoms with Crippen molar-refractivity contribution in [3.63, 3.8) is 0 Å². The molecule has 33 heavy (non-hydrogen) atoms. The first-order chi connectivity index (χ1) is 15.5. The Morgan fingerprint density at radius 3 is 2.18 bits per heavy atom. The maximum Gasteiger partial charge on any atom is 0.417 e. The molecule has 1 heterocycles. The molecule has 3 aromatic carbocycles. The SMILES string of the molecule is O=C(O)c1cc2c(c(C(=O)O)c1)Nc1ccc(CCc3ccc(C(F)(F)F)c(Cl)c3)cc1O2. The van der Waals surface area contributed by atoms with Gasteiger partial charge < -0.3 is 20.3 Å². The lowest BCUT2D eigenvalue weighted by Crippen LogP contribution is -2.11. The number of carboxylic acid groups (broad SMARTS) is 2. The van der Waals surface area contributed by atoms with E-state index in [9.17, 15) is 33.0 Å². The summed E-state index contributed by atoms with van der Waals surface area (Å²) < 4.78 is 44.4. The van der Waals surface area contributed by atoms with E-state index < -0.39 is 23.7 Å². The summed E-state index contributed by atoms with van der Waals surface area (Å²) >= 11 is 5.78.